The van der Waals surface area contributed by atoms with Crippen molar-refractivity contribution in [3.63, 3.8) is 0 Å². The van der Waals surface area contributed by atoms with Gasteiger partial charge in [0.05, 0.1) is 6.61 Å². The highest BCUT2D eigenvalue weighted by molar-refractivity contribution is 5.82. The summed E-state index contributed by atoms with van der Waals surface area (Å²) < 4.78 is 0. The van der Waals surface area contributed by atoms with Crippen molar-refractivity contribution in [1.29, 1.82) is 0 Å². The van der Waals surface area contributed by atoms with Crippen LogP contribution >= 0.6 is 0 Å². The van der Waals surface area contributed by atoms with E-state index in [9.17, 15) is 9.59 Å². The second-order valence-electron chi connectivity index (χ2n) is 4.42. The van der Waals surface area contributed by atoms with Gasteiger partial charge in [-0.25, -0.2) is 9.59 Å². The van der Waals surface area contributed by atoms with Crippen molar-refractivity contribution in [2.45, 2.75) is 12.5 Å². The lowest BCUT2D eigenvalue weighted by atomic mass is 10.3. The maximum absolute atomic E-state index is 11.3. The fourth-order valence-corrected chi connectivity index (χ4v) is 1.83. The third kappa shape index (κ3) is 6.37. The van der Waals surface area contributed by atoms with E-state index in [-0.39, 0.29) is 0 Å². The minimum atomic E-state index is -1.26. The van der Waals surface area contributed by atoms with Gasteiger partial charge in [-0.1, -0.05) is 0 Å². The molecular formula is C11H22N4O4. The number of rotatable bonds is 7. The molecule has 8 heteroatoms. The predicted octanol–water partition coefficient (Wildman–Crippen LogP) is -1.97. The van der Waals surface area contributed by atoms with Crippen LogP contribution in [0.3, 0.4) is 0 Å². The highest BCUT2D eigenvalue weighted by atomic mass is 16.4. The molecule has 1 rings (SSSR count). The maximum atomic E-state index is 11.3. The molecule has 2 amide bonds. The molecule has 0 spiro atoms. The molecule has 0 aromatic heterocycles. The molecule has 19 heavy (non-hydrogen) atoms. The molecule has 0 bridgehead atoms. The fraction of sp³-hybridized carbons (Fsp3) is 0.818. The number of nitrogens with one attached hydrogen (secondary N) is 3. The summed E-state index contributed by atoms with van der Waals surface area (Å²) in [5, 5.41) is 25.4. The molecule has 1 saturated heterocycles. The van der Waals surface area contributed by atoms with Crippen LogP contribution in [0.5, 0.6) is 0 Å². The zero-order valence-corrected chi connectivity index (χ0v) is 10.9. The number of aliphatic hydroxyl groups is 1. The number of hydrogen-bond acceptors (Lipinski definition) is 5. The lowest BCUT2D eigenvalue weighted by Crippen LogP contribution is -2.48. The van der Waals surface area contributed by atoms with Crippen LogP contribution in [0.25, 0.3) is 0 Å². The lowest BCUT2D eigenvalue weighted by molar-refractivity contribution is -0.140. The Labute approximate surface area is 112 Å². The summed E-state index contributed by atoms with van der Waals surface area (Å²) in [7, 11) is 0. The van der Waals surface area contributed by atoms with E-state index in [0.29, 0.717) is 6.54 Å². The molecule has 0 aliphatic carbocycles. The van der Waals surface area contributed by atoms with Crippen LogP contribution < -0.4 is 16.0 Å². The number of carbonyl (C=O) groups is 2. The van der Waals surface area contributed by atoms with Crippen molar-refractivity contribution in [3.8, 4) is 0 Å². The summed E-state index contributed by atoms with van der Waals surface area (Å²) >= 11 is 0. The molecule has 1 atom stereocenters. The number of nitrogens with zero attached hydrogens (tertiary/aromatic N) is 1. The SMILES string of the molecule is O=C(NCCCN1CCNCC1)N[C@@H](CO)C(=O)O. The van der Waals surface area contributed by atoms with Crippen molar-refractivity contribution in [1.82, 2.24) is 20.9 Å². The number of amides is 2. The first-order valence-corrected chi connectivity index (χ1v) is 6.44. The zero-order chi connectivity index (χ0) is 14.1. The third-order valence-corrected chi connectivity index (χ3v) is 2.93. The van der Waals surface area contributed by atoms with Crippen LogP contribution in [0, 0.1) is 0 Å². The van der Waals surface area contributed by atoms with Gasteiger partial charge < -0.3 is 31.1 Å². The van der Waals surface area contributed by atoms with Gasteiger partial charge in [0.15, 0.2) is 6.04 Å². The van der Waals surface area contributed by atoms with E-state index in [1.807, 2.05) is 0 Å². The van der Waals surface area contributed by atoms with E-state index in [2.05, 4.69) is 20.9 Å². The second-order valence-corrected chi connectivity index (χ2v) is 4.42. The van der Waals surface area contributed by atoms with E-state index in [1.54, 1.807) is 0 Å². The molecule has 5 N–H and O–H groups in total. The van der Waals surface area contributed by atoms with Gasteiger partial charge in [-0.3, -0.25) is 0 Å². The molecule has 110 valence electrons. The Bertz CT molecular complexity index is 294. The highest BCUT2D eigenvalue weighted by Crippen LogP contribution is 1.93. The summed E-state index contributed by atoms with van der Waals surface area (Å²) in [6, 6.07) is -1.82. The van der Waals surface area contributed by atoms with E-state index >= 15 is 0 Å². The van der Waals surface area contributed by atoms with Crippen molar-refractivity contribution >= 4 is 12.0 Å². The molecule has 0 radical (unpaired) electrons. The van der Waals surface area contributed by atoms with E-state index in [1.165, 1.54) is 0 Å². The summed E-state index contributed by atoms with van der Waals surface area (Å²) in [6.45, 7) is 4.77. The van der Waals surface area contributed by atoms with Crippen LogP contribution in [0.4, 0.5) is 4.79 Å². The molecule has 1 heterocycles. The Morgan fingerprint density at radius 1 is 1.32 bits per heavy atom. The van der Waals surface area contributed by atoms with Gasteiger partial charge in [-0.05, 0) is 13.0 Å². The van der Waals surface area contributed by atoms with Crippen LogP contribution in [-0.4, -0.2) is 79.0 Å². The van der Waals surface area contributed by atoms with Crippen molar-refractivity contribution in [2.24, 2.45) is 0 Å². The molecule has 0 unspecified atom stereocenters. The number of carboxylic acids is 1. The molecule has 1 aliphatic rings. The normalized spacial score (nSPS) is 17.7. The van der Waals surface area contributed by atoms with Gasteiger partial charge in [0.2, 0.25) is 0 Å². The van der Waals surface area contributed by atoms with Gasteiger partial charge in [-0.15, -0.1) is 0 Å². The number of aliphatic hydroxyl groups excluding tert-OH is 1. The second kappa shape index (κ2) is 8.68. The molecular weight excluding hydrogens is 252 g/mol. The minimum absolute atomic E-state index is 0.480. The minimum Gasteiger partial charge on any atom is -0.480 e. The summed E-state index contributed by atoms with van der Waals surface area (Å²) in [5.74, 6) is -1.25. The van der Waals surface area contributed by atoms with Gasteiger partial charge in [0.1, 0.15) is 0 Å². The Balaban J connectivity index is 2.07. The van der Waals surface area contributed by atoms with Crippen molar-refractivity contribution in [3.05, 3.63) is 0 Å². The van der Waals surface area contributed by atoms with Crippen molar-refractivity contribution < 1.29 is 19.8 Å². The summed E-state index contributed by atoms with van der Waals surface area (Å²) in [4.78, 5) is 24.2. The summed E-state index contributed by atoms with van der Waals surface area (Å²) in [6.07, 6.45) is 0.810. The lowest BCUT2D eigenvalue weighted by Gasteiger charge is -2.27. The molecule has 8 nitrogen and oxygen atoms in total. The number of carboxylic acid groups (broad SMARTS) is 1. The smallest absolute Gasteiger partial charge is 0.328 e. The van der Waals surface area contributed by atoms with E-state index in [4.69, 9.17) is 10.2 Å². The third-order valence-electron chi connectivity index (χ3n) is 2.93. The van der Waals surface area contributed by atoms with Gasteiger partial charge in [0.25, 0.3) is 0 Å². The standard InChI is InChI=1S/C11H22N4O4/c16-8-9(10(17)18)14-11(19)13-2-1-5-15-6-3-12-4-7-15/h9,12,16H,1-8H2,(H,17,18)(H2,13,14,19)/t9-/m0/s1. The number of aliphatic carboxylic acids is 1. The summed E-state index contributed by atoms with van der Waals surface area (Å²) in [5.41, 5.74) is 0. The quantitative estimate of drug-likeness (QED) is 0.344. The average Bonchev–Trinajstić information content (AvgIpc) is 2.42. The van der Waals surface area contributed by atoms with Crippen LogP contribution in [0.2, 0.25) is 0 Å². The van der Waals surface area contributed by atoms with Gasteiger partial charge >= 0.3 is 12.0 Å². The van der Waals surface area contributed by atoms with Crippen LogP contribution in [0.15, 0.2) is 0 Å². The van der Waals surface area contributed by atoms with Crippen LogP contribution in [0.1, 0.15) is 6.42 Å². The topological polar surface area (TPSA) is 114 Å². The molecule has 1 aliphatic heterocycles. The Morgan fingerprint density at radius 2 is 2.00 bits per heavy atom. The van der Waals surface area contributed by atoms with Gasteiger partial charge in [-0.2, -0.15) is 0 Å². The number of hydrogen-bond donors (Lipinski definition) is 5. The number of carbonyl (C=O) groups excluding carboxylic acids is 1. The average molecular weight is 274 g/mol. The Kier molecular flexibility index (Phi) is 7.16. The molecule has 0 aromatic carbocycles. The zero-order valence-electron chi connectivity index (χ0n) is 10.9. The monoisotopic (exact) mass is 274 g/mol. The Morgan fingerprint density at radius 3 is 2.58 bits per heavy atom. The maximum Gasteiger partial charge on any atom is 0.328 e. The number of piperazine rings is 1. The highest BCUT2D eigenvalue weighted by Gasteiger charge is 2.18. The largest absolute Gasteiger partial charge is 0.480 e. The molecule has 1 fully saturated rings. The first kappa shape index (κ1) is 15.7. The van der Waals surface area contributed by atoms with Gasteiger partial charge in [0, 0.05) is 32.7 Å². The van der Waals surface area contributed by atoms with Crippen molar-refractivity contribution in [2.75, 3.05) is 45.9 Å². The predicted molar refractivity (Wildman–Crippen MR) is 69.0 cm³/mol. The first-order chi connectivity index (χ1) is 9.13. The fourth-order valence-electron chi connectivity index (χ4n) is 1.83. The Hall–Kier alpha value is -1.38. The molecule has 0 saturated carbocycles. The number of urea groups is 1. The van der Waals surface area contributed by atoms with E-state index < -0.39 is 24.6 Å². The molecule has 0 aromatic rings. The van der Waals surface area contributed by atoms with Crippen LogP contribution in [-0.2, 0) is 4.79 Å². The van der Waals surface area contributed by atoms with E-state index in [0.717, 1.165) is 39.1 Å². The first-order valence-electron chi connectivity index (χ1n) is 6.44.